The van der Waals surface area contributed by atoms with Gasteiger partial charge in [0.05, 0.1) is 5.25 Å². The van der Waals surface area contributed by atoms with Crippen molar-refractivity contribution in [2.24, 2.45) is 0 Å². The molecule has 2 aliphatic carbocycles. The molecule has 0 N–H and O–H groups in total. The third-order valence-corrected chi connectivity index (χ3v) is 7.48. The number of hydrogen-bond acceptors (Lipinski definition) is 5. The van der Waals surface area contributed by atoms with Gasteiger partial charge in [0.1, 0.15) is 11.5 Å². The topological polar surface area (TPSA) is 83.5 Å². The molecule has 3 aliphatic rings. The number of sulfonamides is 1. The van der Waals surface area contributed by atoms with E-state index in [1.165, 1.54) is 0 Å². The number of fused-ring (bicyclic) bond motifs is 1. The van der Waals surface area contributed by atoms with Crippen molar-refractivity contribution in [3.05, 3.63) is 22.8 Å². The Hall–Kier alpha value is -1.54. The van der Waals surface area contributed by atoms with Gasteiger partial charge in [-0.3, -0.25) is 4.79 Å². The number of rotatable bonds is 3. The Bertz CT molecular complexity index is 781. The van der Waals surface area contributed by atoms with Gasteiger partial charge < -0.3 is 4.90 Å². The van der Waals surface area contributed by atoms with Gasteiger partial charge in [0, 0.05) is 37.4 Å². The van der Waals surface area contributed by atoms with E-state index >= 15 is 0 Å². The van der Waals surface area contributed by atoms with Gasteiger partial charge in [-0.05, 0) is 39.0 Å². The first-order valence-electron chi connectivity index (χ1n) is 8.61. The fraction of sp³-hybridized carbons (Fsp3) is 0.688. The predicted octanol–water partition coefficient (Wildman–Crippen LogP) is 0.524. The molecular weight excluding hydrogens is 328 g/mol. The Kier molecular flexibility index (Phi) is 3.84. The van der Waals surface area contributed by atoms with Crippen molar-refractivity contribution in [2.45, 2.75) is 44.3 Å². The molecule has 0 aromatic carbocycles. The number of piperazine rings is 1. The highest BCUT2D eigenvalue weighted by atomic mass is 32.2. The molecule has 8 heteroatoms. The summed E-state index contributed by atoms with van der Waals surface area (Å²) in [5.74, 6) is 0.552. The number of carbonyl (C=O) groups excluding carboxylic acids is 1. The van der Waals surface area contributed by atoms with Crippen LogP contribution in [0.15, 0.2) is 0 Å². The quantitative estimate of drug-likeness (QED) is 0.794. The Morgan fingerprint density at radius 2 is 1.79 bits per heavy atom. The van der Waals surface area contributed by atoms with Crippen LogP contribution in [0.1, 0.15) is 46.8 Å². The van der Waals surface area contributed by atoms with Gasteiger partial charge in [-0.2, -0.15) is 4.31 Å². The first-order valence-corrected chi connectivity index (χ1v) is 10.1. The summed E-state index contributed by atoms with van der Waals surface area (Å²) in [6, 6.07) is 0. The molecule has 0 atom stereocenters. The standard InChI is InChI=1S/C16H22N4O3S/c1-11-17-14-4-2-3-13(14)15(18-11)16(21)19-7-9-20(10-8-19)24(22,23)12-5-6-12/h12H,2-10H2,1H3. The summed E-state index contributed by atoms with van der Waals surface area (Å²) in [5, 5.41) is -0.187. The lowest BCUT2D eigenvalue weighted by atomic mass is 10.1. The Morgan fingerprint density at radius 1 is 1.08 bits per heavy atom. The van der Waals surface area contributed by atoms with Crippen LogP contribution in [-0.2, 0) is 22.9 Å². The molecule has 2 fully saturated rings. The molecule has 1 amide bonds. The zero-order valence-electron chi connectivity index (χ0n) is 13.9. The number of nitrogens with zero attached hydrogens (tertiary/aromatic N) is 4. The molecule has 1 aliphatic heterocycles. The smallest absolute Gasteiger partial charge is 0.272 e. The van der Waals surface area contributed by atoms with Crippen molar-refractivity contribution >= 4 is 15.9 Å². The minimum Gasteiger partial charge on any atom is -0.335 e. The third kappa shape index (κ3) is 2.71. The summed E-state index contributed by atoms with van der Waals surface area (Å²) in [4.78, 5) is 23.5. The van der Waals surface area contributed by atoms with Crippen molar-refractivity contribution in [3.8, 4) is 0 Å². The minimum absolute atomic E-state index is 0.0814. The molecule has 2 heterocycles. The van der Waals surface area contributed by atoms with E-state index in [0.717, 1.165) is 43.4 Å². The minimum atomic E-state index is -3.15. The Labute approximate surface area is 142 Å². The van der Waals surface area contributed by atoms with E-state index in [2.05, 4.69) is 9.97 Å². The molecule has 1 saturated heterocycles. The van der Waals surface area contributed by atoms with Gasteiger partial charge >= 0.3 is 0 Å². The number of hydrogen-bond donors (Lipinski definition) is 0. The van der Waals surface area contributed by atoms with Crippen LogP contribution < -0.4 is 0 Å². The van der Waals surface area contributed by atoms with Gasteiger partial charge in [0.2, 0.25) is 10.0 Å². The monoisotopic (exact) mass is 350 g/mol. The second-order valence-electron chi connectivity index (χ2n) is 6.83. The van der Waals surface area contributed by atoms with E-state index in [9.17, 15) is 13.2 Å². The molecule has 130 valence electrons. The predicted molar refractivity (Wildman–Crippen MR) is 88.2 cm³/mol. The van der Waals surface area contributed by atoms with Crippen molar-refractivity contribution < 1.29 is 13.2 Å². The van der Waals surface area contributed by atoms with Crippen LogP contribution in [0.2, 0.25) is 0 Å². The summed E-state index contributed by atoms with van der Waals surface area (Å²) >= 11 is 0. The van der Waals surface area contributed by atoms with E-state index in [-0.39, 0.29) is 11.2 Å². The Balaban J connectivity index is 1.49. The first-order chi connectivity index (χ1) is 11.5. The van der Waals surface area contributed by atoms with Gasteiger partial charge in [-0.25, -0.2) is 18.4 Å². The summed E-state index contributed by atoms with van der Waals surface area (Å²) in [5.41, 5.74) is 2.51. The van der Waals surface area contributed by atoms with Gasteiger partial charge in [0.15, 0.2) is 0 Å². The van der Waals surface area contributed by atoms with Crippen LogP contribution in [0.25, 0.3) is 0 Å². The van der Waals surface area contributed by atoms with Crippen LogP contribution in [0.5, 0.6) is 0 Å². The van der Waals surface area contributed by atoms with E-state index < -0.39 is 10.0 Å². The molecule has 24 heavy (non-hydrogen) atoms. The van der Waals surface area contributed by atoms with Crippen LogP contribution in [0.4, 0.5) is 0 Å². The summed E-state index contributed by atoms with van der Waals surface area (Å²) in [7, 11) is -3.15. The molecular formula is C16H22N4O3S. The molecule has 0 spiro atoms. The molecule has 7 nitrogen and oxygen atoms in total. The van der Waals surface area contributed by atoms with E-state index in [0.29, 0.717) is 37.7 Å². The maximum absolute atomic E-state index is 12.9. The number of carbonyl (C=O) groups is 1. The number of aromatic nitrogens is 2. The molecule has 1 saturated carbocycles. The summed E-state index contributed by atoms with van der Waals surface area (Å²) < 4.78 is 26.1. The number of amides is 1. The van der Waals surface area contributed by atoms with Crippen LogP contribution in [0.3, 0.4) is 0 Å². The largest absolute Gasteiger partial charge is 0.335 e. The SMILES string of the molecule is Cc1nc2c(c(C(=O)N3CCN(S(=O)(=O)C4CC4)CC3)n1)CCC2. The highest BCUT2D eigenvalue weighted by molar-refractivity contribution is 7.90. The van der Waals surface area contributed by atoms with Gasteiger partial charge in [-0.15, -0.1) is 0 Å². The normalized spacial score (nSPS) is 21.8. The van der Waals surface area contributed by atoms with Crippen molar-refractivity contribution in [1.82, 2.24) is 19.2 Å². The summed E-state index contributed by atoms with van der Waals surface area (Å²) in [6.45, 7) is 3.45. The summed E-state index contributed by atoms with van der Waals surface area (Å²) in [6.07, 6.45) is 4.32. The van der Waals surface area contributed by atoms with Gasteiger partial charge in [-0.1, -0.05) is 0 Å². The molecule has 1 aromatic rings. The zero-order valence-corrected chi connectivity index (χ0v) is 14.7. The lowest BCUT2D eigenvalue weighted by molar-refractivity contribution is 0.0690. The average Bonchev–Trinajstić information content (AvgIpc) is 3.33. The van der Waals surface area contributed by atoms with Crippen LogP contribution >= 0.6 is 0 Å². The maximum Gasteiger partial charge on any atom is 0.272 e. The maximum atomic E-state index is 12.9. The van der Waals surface area contributed by atoms with Gasteiger partial charge in [0.25, 0.3) is 5.91 Å². The lowest BCUT2D eigenvalue weighted by Gasteiger charge is -2.34. The van der Waals surface area contributed by atoms with Crippen molar-refractivity contribution in [1.29, 1.82) is 0 Å². The molecule has 0 radical (unpaired) electrons. The second kappa shape index (κ2) is 5.77. The van der Waals surface area contributed by atoms with E-state index in [1.807, 2.05) is 6.92 Å². The third-order valence-electron chi connectivity index (χ3n) is 5.08. The number of aryl methyl sites for hydroxylation is 2. The highest BCUT2D eigenvalue weighted by Gasteiger charge is 2.41. The van der Waals surface area contributed by atoms with Crippen LogP contribution in [0, 0.1) is 6.92 Å². The fourth-order valence-corrected chi connectivity index (χ4v) is 5.43. The molecule has 4 rings (SSSR count). The van der Waals surface area contributed by atoms with E-state index in [1.54, 1.807) is 9.21 Å². The second-order valence-corrected chi connectivity index (χ2v) is 9.05. The molecule has 1 aromatic heterocycles. The van der Waals surface area contributed by atoms with Crippen LogP contribution in [-0.4, -0.2) is 64.9 Å². The first kappa shape index (κ1) is 16.0. The van der Waals surface area contributed by atoms with Crippen molar-refractivity contribution in [2.75, 3.05) is 26.2 Å². The zero-order chi connectivity index (χ0) is 16.9. The molecule has 0 unspecified atom stereocenters. The lowest BCUT2D eigenvalue weighted by Crippen LogP contribution is -2.51. The molecule has 0 bridgehead atoms. The fourth-order valence-electron chi connectivity index (χ4n) is 3.60. The Morgan fingerprint density at radius 3 is 2.46 bits per heavy atom. The van der Waals surface area contributed by atoms with E-state index in [4.69, 9.17) is 0 Å². The van der Waals surface area contributed by atoms with Crippen molar-refractivity contribution in [3.63, 3.8) is 0 Å². The highest BCUT2D eigenvalue weighted by Crippen LogP contribution is 2.31. The average molecular weight is 350 g/mol.